The number of benzene rings is 1. The van der Waals surface area contributed by atoms with Crippen LogP contribution >= 0.6 is 0 Å². The van der Waals surface area contributed by atoms with Crippen molar-refractivity contribution in [1.82, 2.24) is 10.1 Å². The minimum absolute atomic E-state index is 0.00952. The van der Waals surface area contributed by atoms with Crippen molar-refractivity contribution in [3.63, 3.8) is 0 Å². The number of piperidine rings is 1. The van der Waals surface area contributed by atoms with E-state index in [0.29, 0.717) is 55.4 Å². The van der Waals surface area contributed by atoms with Crippen molar-refractivity contribution in [1.29, 1.82) is 0 Å². The lowest BCUT2D eigenvalue weighted by atomic mass is 9.94. The van der Waals surface area contributed by atoms with Gasteiger partial charge in [-0.05, 0) is 51.4 Å². The molecule has 1 aliphatic heterocycles. The van der Waals surface area contributed by atoms with Gasteiger partial charge >= 0.3 is 0 Å². The Hall–Kier alpha value is -2.87. The van der Waals surface area contributed by atoms with Gasteiger partial charge < -0.3 is 19.9 Å². The molecule has 0 radical (unpaired) electrons. The lowest BCUT2D eigenvalue weighted by Gasteiger charge is -2.35. The van der Waals surface area contributed by atoms with E-state index < -0.39 is 0 Å². The van der Waals surface area contributed by atoms with Crippen LogP contribution in [-0.2, 0) is 9.59 Å². The van der Waals surface area contributed by atoms with Crippen molar-refractivity contribution in [3.05, 3.63) is 36.1 Å². The molecule has 1 aromatic heterocycles. The lowest BCUT2D eigenvalue weighted by Crippen LogP contribution is -2.48. The fraction of sp³-hybridized carbons (Fsp3) is 0.476. The maximum absolute atomic E-state index is 12.7. The molecule has 1 atom stereocenters. The van der Waals surface area contributed by atoms with Crippen LogP contribution < -0.4 is 15.4 Å². The summed E-state index contributed by atoms with van der Waals surface area (Å²) in [6.07, 6.45) is 2.09. The highest BCUT2D eigenvalue weighted by molar-refractivity contribution is 5.95. The largest absolute Gasteiger partial charge is 0.495 e. The number of nitrogens with one attached hydrogen (secondary N) is 2. The number of anilines is 2. The lowest BCUT2D eigenvalue weighted by molar-refractivity contribution is -0.123. The number of carbonyl (C=O) groups is 2. The average Bonchev–Trinajstić information content (AvgIpc) is 3.14. The number of aromatic nitrogens is 1. The van der Waals surface area contributed by atoms with Crippen molar-refractivity contribution in [2.75, 3.05) is 30.8 Å². The van der Waals surface area contributed by atoms with Crippen LogP contribution in [0.5, 0.6) is 5.75 Å². The second-order valence-corrected chi connectivity index (χ2v) is 7.24. The Bertz CT molecular complexity index is 843. The molecule has 1 unspecified atom stereocenters. The maximum Gasteiger partial charge on any atom is 0.242 e. The third-order valence-electron chi connectivity index (χ3n) is 5.27. The first-order valence-corrected chi connectivity index (χ1v) is 9.94. The Labute approximate surface area is 170 Å². The number of methoxy groups -OCH3 is 1. The smallest absolute Gasteiger partial charge is 0.242 e. The first-order chi connectivity index (χ1) is 14.0. The first-order valence-electron chi connectivity index (χ1n) is 9.94. The molecule has 2 aromatic rings. The monoisotopic (exact) mass is 400 g/mol. The summed E-state index contributed by atoms with van der Waals surface area (Å²) in [5.74, 6) is 1.52. The molecule has 2 N–H and O–H groups in total. The zero-order valence-electron chi connectivity index (χ0n) is 17.1. The number of nitrogens with zero attached hydrogens (tertiary/aromatic N) is 2. The molecule has 0 saturated carbocycles. The van der Waals surface area contributed by atoms with Crippen LogP contribution in [0.4, 0.5) is 11.5 Å². The van der Waals surface area contributed by atoms with Gasteiger partial charge in [0.15, 0.2) is 5.82 Å². The van der Waals surface area contributed by atoms with E-state index in [1.807, 2.05) is 31.2 Å². The molecule has 156 valence electrons. The van der Waals surface area contributed by atoms with Crippen LogP contribution in [0, 0.1) is 12.8 Å². The highest BCUT2D eigenvalue weighted by atomic mass is 16.5. The quantitative estimate of drug-likeness (QED) is 0.741. The summed E-state index contributed by atoms with van der Waals surface area (Å²) < 4.78 is 10.3. The Kier molecular flexibility index (Phi) is 6.87. The van der Waals surface area contributed by atoms with E-state index in [2.05, 4.69) is 20.7 Å². The van der Waals surface area contributed by atoms with E-state index in [4.69, 9.17) is 9.26 Å². The van der Waals surface area contributed by atoms with E-state index in [-0.39, 0.29) is 23.8 Å². The zero-order chi connectivity index (χ0) is 20.8. The molecule has 0 spiro atoms. The fourth-order valence-electron chi connectivity index (χ4n) is 3.70. The molecule has 0 aliphatic carbocycles. The van der Waals surface area contributed by atoms with Gasteiger partial charge in [0.1, 0.15) is 11.5 Å². The predicted octanol–water partition coefficient (Wildman–Crippen LogP) is 3.06. The Morgan fingerprint density at radius 3 is 2.62 bits per heavy atom. The van der Waals surface area contributed by atoms with Gasteiger partial charge in [-0.1, -0.05) is 24.2 Å². The molecule has 1 fully saturated rings. The number of aryl methyl sites for hydroxylation is 1. The van der Waals surface area contributed by atoms with Gasteiger partial charge in [-0.25, -0.2) is 0 Å². The predicted molar refractivity (Wildman–Crippen MR) is 110 cm³/mol. The molecule has 1 saturated heterocycles. The number of likely N-dealkylation sites (tertiary alicyclic amines) is 1. The van der Waals surface area contributed by atoms with Crippen LogP contribution in [0.25, 0.3) is 0 Å². The minimum Gasteiger partial charge on any atom is -0.495 e. The van der Waals surface area contributed by atoms with Crippen LogP contribution in [0.3, 0.4) is 0 Å². The van der Waals surface area contributed by atoms with Gasteiger partial charge in [0, 0.05) is 12.0 Å². The second-order valence-electron chi connectivity index (χ2n) is 7.24. The molecular formula is C21H28N4O4. The van der Waals surface area contributed by atoms with E-state index in [1.165, 1.54) is 0 Å². The number of hydrogen-bond acceptors (Lipinski definition) is 6. The van der Waals surface area contributed by atoms with Crippen molar-refractivity contribution in [2.24, 2.45) is 5.92 Å². The van der Waals surface area contributed by atoms with Crippen molar-refractivity contribution in [2.45, 2.75) is 39.2 Å². The zero-order valence-corrected chi connectivity index (χ0v) is 17.1. The molecular weight excluding hydrogens is 372 g/mol. The number of para-hydroxylation sites is 2. The van der Waals surface area contributed by atoms with Gasteiger partial charge in [-0.15, -0.1) is 0 Å². The van der Waals surface area contributed by atoms with E-state index in [1.54, 1.807) is 20.1 Å². The Morgan fingerprint density at radius 1 is 1.28 bits per heavy atom. The third-order valence-corrected chi connectivity index (χ3v) is 5.27. The topological polar surface area (TPSA) is 96.7 Å². The Balaban J connectivity index is 1.54. The number of ether oxygens (including phenoxy) is 1. The highest BCUT2D eigenvalue weighted by Gasteiger charge is 2.31. The summed E-state index contributed by atoms with van der Waals surface area (Å²) in [4.78, 5) is 27.5. The van der Waals surface area contributed by atoms with Crippen LogP contribution in [0.2, 0.25) is 0 Å². The molecule has 29 heavy (non-hydrogen) atoms. The summed E-state index contributed by atoms with van der Waals surface area (Å²) in [5, 5.41) is 9.60. The number of hydrogen-bond donors (Lipinski definition) is 2. The van der Waals surface area contributed by atoms with Crippen LogP contribution in [-0.4, -0.2) is 48.1 Å². The highest BCUT2D eigenvalue weighted by Crippen LogP contribution is 2.26. The maximum atomic E-state index is 12.7. The number of rotatable bonds is 7. The second kappa shape index (κ2) is 9.56. The van der Waals surface area contributed by atoms with Crippen molar-refractivity contribution >= 4 is 23.3 Å². The average molecular weight is 400 g/mol. The summed E-state index contributed by atoms with van der Waals surface area (Å²) in [5.41, 5.74) is 0.677. The van der Waals surface area contributed by atoms with E-state index in [0.717, 1.165) is 0 Å². The van der Waals surface area contributed by atoms with Crippen LogP contribution in [0.15, 0.2) is 34.9 Å². The summed E-state index contributed by atoms with van der Waals surface area (Å²) in [6.45, 7) is 5.14. The van der Waals surface area contributed by atoms with Gasteiger partial charge in [-0.3, -0.25) is 14.5 Å². The summed E-state index contributed by atoms with van der Waals surface area (Å²) in [6, 6.07) is 8.81. The van der Waals surface area contributed by atoms with Gasteiger partial charge in [-0.2, -0.15) is 0 Å². The van der Waals surface area contributed by atoms with E-state index in [9.17, 15) is 9.59 Å². The Morgan fingerprint density at radius 2 is 2.00 bits per heavy atom. The summed E-state index contributed by atoms with van der Waals surface area (Å²) in [7, 11) is 1.58. The summed E-state index contributed by atoms with van der Waals surface area (Å²) >= 11 is 0. The number of carbonyl (C=O) groups excluding carboxylic acids is 2. The molecule has 2 amide bonds. The number of amides is 2. The van der Waals surface area contributed by atoms with Crippen molar-refractivity contribution < 1.29 is 18.8 Å². The molecule has 3 rings (SSSR count). The fourth-order valence-corrected chi connectivity index (χ4v) is 3.70. The molecule has 0 bridgehead atoms. The SMILES string of the molecule is CCC(C(=O)Nc1cc(C)on1)N1CCC(C(=O)Nc2ccccc2OC)CC1. The molecule has 8 nitrogen and oxygen atoms in total. The van der Waals surface area contributed by atoms with E-state index >= 15 is 0 Å². The molecule has 2 heterocycles. The third kappa shape index (κ3) is 5.14. The minimum atomic E-state index is -0.259. The molecule has 1 aliphatic rings. The van der Waals surface area contributed by atoms with Gasteiger partial charge in [0.2, 0.25) is 11.8 Å². The molecule has 1 aromatic carbocycles. The van der Waals surface area contributed by atoms with Gasteiger partial charge in [0.25, 0.3) is 0 Å². The van der Waals surface area contributed by atoms with Crippen molar-refractivity contribution in [3.8, 4) is 5.75 Å². The van der Waals surface area contributed by atoms with Crippen LogP contribution in [0.1, 0.15) is 31.9 Å². The standard InChI is InChI=1S/C21H28N4O4/c1-4-17(21(27)23-19-13-14(2)29-24-19)25-11-9-15(10-12-25)20(26)22-16-7-5-6-8-18(16)28-3/h5-8,13,15,17H,4,9-12H2,1-3H3,(H,22,26)(H,23,24,27). The first kappa shape index (κ1) is 20.9. The molecule has 8 heteroatoms. The normalized spacial score (nSPS) is 16.2. The van der Waals surface area contributed by atoms with Gasteiger partial charge in [0.05, 0.1) is 18.8 Å².